The first-order chi connectivity index (χ1) is 17.2. The van der Waals surface area contributed by atoms with Crippen LogP contribution in [0.15, 0.2) is 78.1 Å². The summed E-state index contributed by atoms with van der Waals surface area (Å²) in [5.41, 5.74) is 2.63. The average Bonchev–Trinajstić information content (AvgIpc) is 3.31. The third-order valence-corrected chi connectivity index (χ3v) is 5.80. The molecule has 0 fully saturated rings. The van der Waals surface area contributed by atoms with Crippen LogP contribution in [0.2, 0.25) is 0 Å². The first kappa shape index (κ1) is 22.2. The van der Waals surface area contributed by atoms with Gasteiger partial charge in [0.15, 0.2) is 0 Å². The smallest absolute Gasteiger partial charge is 0.255 e. The number of thioether (sulfide) groups is 1. The molecule has 3 heterocycles. The van der Waals surface area contributed by atoms with E-state index in [2.05, 4.69) is 31.4 Å². The van der Waals surface area contributed by atoms with E-state index in [1.54, 1.807) is 36.2 Å². The van der Waals surface area contributed by atoms with Crippen LogP contribution in [-0.4, -0.2) is 37.9 Å². The molecule has 5 rings (SSSR count). The summed E-state index contributed by atoms with van der Waals surface area (Å²) in [7, 11) is 1.61. The quantitative estimate of drug-likeness (QED) is 0.244. The molecule has 0 amide bonds. The predicted molar refractivity (Wildman–Crippen MR) is 133 cm³/mol. The van der Waals surface area contributed by atoms with Gasteiger partial charge in [-0.1, -0.05) is 0 Å². The summed E-state index contributed by atoms with van der Waals surface area (Å²) in [6, 6.07) is 20.7. The number of pyridine rings is 1. The number of nitrogens with one attached hydrogen (secondary N) is 1. The number of ether oxygens (including phenoxy) is 2. The molecule has 0 atom stereocenters. The van der Waals surface area contributed by atoms with Gasteiger partial charge >= 0.3 is 0 Å². The second-order valence-corrected chi connectivity index (χ2v) is 8.06. The minimum Gasteiger partial charge on any atom is -0.497 e. The van der Waals surface area contributed by atoms with Crippen molar-refractivity contribution in [2.45, 2.75) is 5.03 Å². The van der Waals surface area contributed by atoms with Gasteiger partial charge in [-0.2, -0.15) is 14.8 Å². The summed E-state index contributed by atoms with van der Waals surface area (Å²) in [6.45, 7) is 0. The van der Waals surface area contributed by atoms with Crippen LogP contribution < -0.4 is 14.8 Å². The fourth-order valence-corrected chi connectivity index (χ4v) is 3.99. The molecule has 172 valence electrons. The number of nitrogens with zero attached hydrogens (tertiary/aromatic N) is 6. The third-order valence-electron chi connectivity index (χ3n) is 5.12. The van der Waals surface area contributed by atoms with Gasteiger partial charge in [-0.25, -0.2) is 4.98 Å². The highest BCUT2D eigenvalue weighted by molar-refractivity contribution is 7.98. The minimum atomic E-state index is 0.359. The van der Waals surface area contributed by atoms with Crippen LogP contribution in [0.5, 0.6) is 17.2 Å². The van der Waals surface area contributed by atoms with Crippen LogP contribution in [0.1, 0.15) is 5.56 Å². The summed E-state index contributed by atoms with van der Waals surface area (Å²) in [4.78, 5) is 13.1. The first-order valence-corrected chi connectivity index (χ1v) is 11.7. The highest BCUT2D eigenvalue weighted by atomic mass is 32.2. The number of hydrogen-bond donors (Lipinski definition) is 1. The van der Waals surface area contributed by atoms with Gasteiger partial charge in [0.1, 0.15) is 33.9 Å². The second-order valence-electron chi connectivity index (χ2n) is 7.27. The van der Waals surface area contributed by atoms with Crippen LogP contribution in [0.4, 0.5) is 11.6 Å². The molecule has 2 aromatic carbocycles. The van der Waals surface area contributed by atoms with Gasteiger partial charge in [-0.3, -0.25) is 4.98 Å². The number of methoxy groups -OCH3 is 1. The molecule has 0 bridgehead atoms. The molecule has 0 saturated heterocycles. The SMILES string of the molecule is COc1ccc(-c2c(C#N)c(SC)nc3nc(Nc4ccc(Oc5ccncc5)cc4)nn23)cc1. The molecule has 0 saturated carbocycles. The van der Waals surface area contributed by atoms with Gasteiger partial charge in [0, 0.05) is 23.6 Å². The van der Waals surface area contributed by atoms with Crippen molar-refractivity contribution in [3.8, 4) is 34.6 Å². The summed E-state index contributed by atoms with van der Waals surface area (Å²) < 4.78 is 12.7. The number of rotatable bonds is 7. The molecule has 0 spiro atoms. The topological polar surface area (TPSA) is 110 Å². The molecular formula is C25H19N7O2S. The minimum absolute atomic E-state index is 0.359. The Morgan fingerprint density at radius 2 is 1.60 bits per heavy atom. The van der Waals surface area contributed by atoms with E-state index in [0.29, 0.717) is 39.5 Å². The molecule has 0 aliphatic heterocycles. The fourth-order valence-electron chi connectivity index (χ4n) is 3.47. The molecule has 0 unspecified atom stereocenters. The number of anilines is 2. The lowest BCUT2D eigenvalue weighted by atomic mass is 10.1. The maximum absolute atomic E-state index is 9.91. The largest absolute Gasteiger partial charge is 0.497 e. The molecule has 0 radical (unpaired) electrons. The second kappa shape index (κ2) is 9.70. The number of hydrogen-bond acceptors (Lipinski definition) is 9. The molecule has 3 aromatic heterocycles. The van der Waals surface area contributed by atoms with Crippen molar-refractivity contribution < 1.29 is 9.47 Å². The molecule has 0 aliphatic rings. The van der Waals surface area contributed by atoms with E-state index < -0.39 is 0 Å². The van der Waals surface area contributed by atoms with Crippen molar-refractivity contribution in [2.75, 3.05) is 18.7 Å². The summed E-state index contributed by atoms with van der Waals surface area (Å²) in [5, 5.41) is 18.3. The van der Waals surface area contributed by atoms with Gasteiger partial charge in [0.2, 0.25) is 5.95 Å². The fraction of sp³-hybridized carbons (Fsp3) is 0.0800. The van der Waals surface area contributed by atoms with E-state index in [9.17, 15) is 5.26 Å². The Kier molecular flexibility index (Phi) is 6.15. The Bertz CT molecular complexity index is 1510. The van der Waals surface area contributed by atoms with E-state index in [0.717, 1.165) is 17.0 Å². The standard InChI is InChI=1S/C25H19N7O2S/c1-33-18-7-3-16(4-8-18)22-21(15-26)23(35-2)29-25-30-24(31-32(22)25)28-17-5-9-19(10-6-17)34-20-11-13-27-14-12-20/h3-14H,1-2H3,(H,28,31). The van der Waals surface area contributed by atoms with Gasteiger partial charge in [-0.05, 0) is 66.9 Å². The van der Waals surface area contributed by atoms with Crippen molar-refractivity contribution >= 4 is 29.2 Å². The third kappa shape index (κ3) is 4.58. The van der Waals surface area contributed by atoms with E-state index in [4.69, 9.17) is 9.47 Å². The number of fused-ring (bicyclic) bond motifs is 1. The maximum Gasteiger partial charge on any atom is 0.255 e. The highest BCUT2D eigenvalue weighted by Gasteiger charge is 2.20. The van der Waals surface area contributed by atoms with Crippen molar-refractivity contribution in [1.29, 1.82) is 5.26 Å². The van der Waals surface area contributed by atoms with Crippen LogP contribution in [0, 0.1) is 11.3 Å². The van der Waals surface area contributed by atoms with E-state index >= 15 is 0 Å². The first-order valence-electron chi connectivity index (χ1n) is 10.5. The van der Waals surface area contributed by atoms with E-state index in [-0.39, 0.29) is 0 Å². The monoisotopic (exact) mass is 481 g/mol. The van der Waals surface area contributed by atoms with Gasteiger partial charge < -0.3 is 14.8 Å². The van der Waals surface area contributed by atoms with Gasteiger partial charge in [-0.15, -0.1) is 16.9 Å². The lowest BCUT2D eigenvalue weighted by molar-refractivity contribution is 0.415. The highest BCUT2D eigenvalue weighted by Crippen LogP contribution is 2.31. The Morgan fingerprint density at radius 1 is 0.914 bits per heavy atom. The van der Waals surface area contributed by atoms with Gasteiger partial charge in [0.25, 0.3) is 5.78 Å². The Balaban J connectivity index is 1.48. The van der Waals surface area contributed by atoms with Crippen LogP contribution >= 0.6 is 11.8 Å². The molecule has 5 aromatic rings. The van der Waals surface area contributed by atoms with Crippen molar-refractivity contribution in [2.24, 2.45) is 0 Å². The molecular weight excluding hydrogens is 462 g/mol. The Hall–Kier alpha value is -4.62. The normalized spacial score (nSPS) is 10.7. The van der Waals surface area contributed by atoms with Crippen molar-refractivity contribution in [3.63, 3.8) is 0 Å². The van der Waals surface area contributed by atoms with Crippen LogP contribution in [0.25, 0.3) is 17.0 Å². The molecule has 35 heavy (non-hydrogen) atoms. The molecule has 1 N–H and O–H groups in total. The van der Waals surface area contributed by atoms with Crippen LogP contribution in [0.3, 0.4) is 0 Å². The molecule has 9 nitrogen and oxygen atoms in total. The summed E-state index contributed by atoms with van der Waals surface area (Å²) >= 11 is 1.39. The Morgan fingerprint density at radius 3 is 2.26 bits per heavy atom. The number of nitriles is 1. The van der Waals surface area contributed by atoms with Gasteiger partial charge in [0.05, 0.1) is 12.8 Å². The number of benzene rings is 2. The zero-order valence-electron chi connectivity index (χ0n) is 18.8. The average molecular weight is 482 g/mol. The number of aromatic nitrogens is 5. The zero-order chi connectivity index (χ0) is 24.2. The van der Waals surface area contributed by atoms with Crippen molar-refractivity contribution in [1.82, 2.24) is 24.6 Å². The molecule has 0 aliphatic carbocycles. The lowest BCUT2D eigenvalue weighted by Gasteiger charge is -2.10. The van der Waals surface area contributed by atoms with E-state index in [1.165, 1.54) is 11.8 Å². The predicted octanol–water partition coefficient (Wildman–Crippen LogP) is 5.32. The summed E-state index contributed by atoms with van der Waals surface area (Å²) in [6.07, 6.45) is 5.23. The summed E-state index contributed by atoms with van der Waals surface area (Å²) in [5.74, 6) is 2.87. The van der Waals surface area contributed by atoms with Crippen LogP contribution in [-0.2, 0) is 0 Å². The maximum atomic E-state index is 9.91. The zero-order valence-corrected chi connectivity index (χ0v) is 19.7. The molecule has 10 heteroatoms. The Labute approximate surface area is 205 Å². The van der Waals surface area contributed by atoms with E-state index in [1.807, 2.05) is 54.8 Å². The lowest BCUT2D eigenvalue weighted by Crippen LogP contribution is -2.03. The van der Waals surface area contributed by atoms with Crippen molar-refractivity contribution in [3.05, 3.63) is 78.6 Å².